The van der Waals surface area contributed by atoms with Crippen LogP contribution in [0.5, 0.6) is 0 Å². The molecule has 0 aromatic carbocycles. The number of aromatic nitrogens is 2. The van der Waals surface area contributed by atoms with E-state index in [9.17, 15) is 9.59 Å². The second-order valence-electron chi connectivity index (χ2n) is 6.40. The fourth-order valence-electron chi connectivity index (χ4n) is 3.45. The molecule has 23 heavy (non-hydrogen) atoms. The van der Waals surface area contributed by atoms with Gasteiger partial charge >= 0.3 is 0 Å². The van der Waals surface area contributed by atoms with Gasteiger partial charge in [-0.1, -0.05) is 0 Å². The molecule has 126 valence electrons. The lowest BCUT2D eigenvalue weighted by Gasteiger charge is -2.28. The van der Waals surface area contributed by atoms with Gasteiger partial charge in [0.25, 0.3) is 5.91 Å². The van der Waals surface area contributed by atoms with E-state index in [2.05, 4.69) is 5.10 Å². The van der Waals surface area contributed by atoms with Crippen LogP contribution in [0.3, 0.4) is 0 Å². The standard InChI is InChI=1S/C16H24N4O3/c1-11-13(10-17-19(11)3)15-12(9-14(21)18(15)2)16(22)20-7-5-4-6-8-23-20/h10,12,15H,4-9H2,1-3H3/t12-,15-/m0/s1. The molecule has 2 saturated heterocycles. The van der Waals surface area contributed by atoms with Gasteiger partial charge in [0, 0.05) is 38.3 Å². The highest BCUT2D eigenvalue weighted by atomic mass is 16.7. The molecule has 2 amide bonds. The number of hydrogen-bond acceptors (Lipinski definition) is 4. The Kier molecular flexibility index (Phi) is 4.39. The van der Waals surface area contributed by atoms with Gasteiger partial charge in [0.15, 0.2) is 0 Å². The van der Waals surface area contributed by atoms with Crippen LogP contribution in [0.2, 0.25) is 0 Å². The third-order valence-electron chi connectivity index (χ3n) is 4.99. The van der Waals surface area contributed by atoms with Crippen molar-refractivity contribution in [1.82, 2.24) is 19.7 Å². The Morgan fingerprint density at radius 3 is 2.78 bits per heavy atom. The van der Waals surface area contributed by atoms with Crippen molar-refractivity contribution in [2.24, 2.45) is 13.0 Å². The maximum Gasteiger partial charge on any atom is 0.252 e. The van der Waals surface area contributed by atoms with Crippen LogP contribution < -0.4 is 0 Å². The molecule has 0 spiro atoms. The van der Waals surface area contributed by atoms with Crippen molar-refractivity contribution in [3.8, 4) is 0 Å². The van der Waals surface area contributed by atoms with Crippen LogP contribution in [0.4, 0.5) is 0 Å². The molecule has 3 rings (SSSR count). The van der Waals surface area contributed by atoms with Crippen LogP contribution in [0.25, 0.3) is 0 Å². The summed E-state index contributed by atoms with van der Waals surface area (Å²) in [5.74, 6) is -0.502. The number of likely N-dealkylation sites (tertiary alicyclic amines) is 1. The van der Waals surface area contributed by atoms with Crippen molar-refractivity contribution in [3.63, 3.8) is 0 Å². The molecule has 1 aromatic rings. The number of nitrogens with zero attached hydrogens (tertiary/aromatic N) is 4. The highest BCUT2D eigenvalue weighted by Crippen LogP contribution is 2.39. The van der Waals surface area contributed by atoms with Crippen LogP contribution in [0.1, 0.15) is 43.0 Å². The maximum absolute atomic E-state index is 12.9. The van der Waals surface area contributed by atoms with Gasteiger partial charge in [-0.05, 0) is 26.2 Å². The fourth-order valence-corrected chi connectivity index (χ4v) is 3.45. The molecule has 2 aliphatic heterocycles. The third kappa shape index (κ3) is 2.85. The second-order valence-corrected chi connectivity index (χ2v) is 6.40. The van der Waals surface area contributed by atoms with E-state index in [4.69, 9.17) is 4.84 Å². The highest BCUT2D eigenvalue weighted by molar-refractivity contribution is 5.90. The van der Waals surface area contributed by atoms with E-state index in [0.29, 0.717) is 13.2 Å². The molecular formula is C16H24N4O3. The average Bonchev–Trinajstić information content (AvgIpc) is 2.89. The van der Waals surface area contributed by atoms with Gasteiger partial charge in [-0.3, -0.25) is 19.1 Å². The van der Waals surface area contributed by atoms with Crippen molar-refractivity contribution in [1.29, 1.82) is 0 Å². The molecule has 0 aliphatic carbocycles. The first kappa shape index (κ1) is 16.0. The first-order valence-corrected chi connectivity index (χ1v) is 8.19. The van der Waals surface area contributed by atoms with Crippen LogP contribution in [-0.2, 0) is 21.5 Å². The molecule has 2 atom stereocenters. The predicted octanol–water partition coefficient (Wildman–Crippen LogP) is 1.19. The van der Waals surface area contributed by atoms with Crippen molar-refractivity contribution >= 4 is 11.8 Å². The van der Waals surface area contributed by atoms with Crippen LogP contribution in [0, 0.1) is 12.8 Å². The molecule has 7 heteroatoms. The number of carbonyl (C=O) groups excluding carboxylic acids is 2. The summed E-state index contributed by atoms with van der Waals surface area (Å²) in [7, 11) is 3.63. The molecule has 0 N–H and O–H groups in total. The Morgan fingerprint density at radius 1 is 1.30 bits per heavy atom. The Hall–Kier alpha value is -1.89. The number of rotatable bonds is 2. The Balaban J connectivity index is 1.88. The number of amides is 2. The maximum atomic E-state index is 12.9. The molecule has 0 unspecified atom stereocenters. The Morgan fingerprint density at radius 2 is 2.09 bits per heavy atom. The predicted molar refractivity (Wildman–Crippen MR) is 83.1 cm³/mol. The molecule has 7 nitrogen and oxygen atoms in total. The Bertz CT molecular complexity index is 604. The lowest BCUT2D eigenvalue weighted by molar-refractivity contribution is -0.188. The molecule has 0 bridgehead atoms. The molecule has 0 radical (unpaired) electrons. The fraction of sp³-hybridized carbons (Fsp3) is 0.688. The van der Waals surface area contributed by atoms with Crippen molar-refractivity contribution in [3.05, 3.63) is 17.5 Å². The summed E-state index contributed by atoms with van der Waals surface area (Å²) in [6.07, 6.45) is 4.97. The van der Waals surface area contributed by atoms with Crippen LogP contribution in [-0.4, -0.2) is 51.8 Å². The Labute approximate surface area is 136 Å². The monoisotopic (exact) mass is 320 g/mol. The minimum absolute atomic E-state index is 0.00794. The summed E-state index contributed by atoms with van der Waals surface area (Å²) in [4.78, 5) is 32.4. The third-order valence-corrected chi connectivity index (χ3v) is 4.99. The first-order chi connectivity index (χ1) is 11.0. The van der Waals surface area contributed by atoms with E-state index in [0.717, 1.165) is 30.5 Å². The van der Waals surface area contributed by atoms with Gasteiger partial charge in [-0.2, -0.15) is 5.10 Å². The molecular weight excluding hydrogens is 296 g/mol. The van der Waals surface area contributed by atoms with Crippen LogP contribution >= 0.6 is 0 Å². The second kappa shape index (κ2) is 6.31. The van der Waals surface area contributed by atoms with Crippen LogP contribution in [0.15, 0.2) is 6.20 Å². The summed E-state index contributed by atoms with van der Waals surface area (Å²) in [6.45, 7) is 3.13. The minimum atomic E-state index is -0.409. The number of carbonyl (C=O) groups is 2. The molecule has 2 fully saturated rings. The van der Waals surface area contributed by atoms with Gasteiger partial charge in [0.1, 0.15) is 0 Å². The normalized spacial score (nSPS) is 25.8. The van der Waals surface area contributed by atoms with E-state index in [1.807, 2.05) is 14.0 Å². The minimum Gasteiger partial charge on any atom is -0.338 e. The summed E-state index contributed by atoms with van der Waals surface area (Å²) < 4.78 is 1.77. The smallest absolute Gasteiger partial charge is 0.252 e. The zero-order valence-electron chi connectivity index (χ0n) is 14.0. The summed E-state index contributed by atoms with van der Waals surface area (Å²) in [5.41, 5.74) is 1.92. The van der Waals surface area contributed by atoms with Crippen molar-refractivity contribution in [2.75, 3.05) is 20.2 Å². The average molecular weight is 320 g/mol. The van der Waals surface area contributed by atoms with Crippen molar-refractivity contribution in [2.45, 2.75) is 38.6 Å². The molecule has 3 heterocycles. The zero-order chi connectivity index (χ0) is 16.6. The van der Waals surface area contributed by atoms with E-state index in [1.165, 1.54) is 5.06 Å². The SMILES string of the molecule is Cc1c([C@@H]2[C@@H](C(=O)N3CCCCCO3)CC(=O)N2C)cnn1C. The summed E-state index contributed by atoms with van der Waals surface area (Å²) >= 11 is 0. The number of hydroxylamine groups is 2. The quantitative estimate of drug-likeness (QED) is 0.821. The number of aryl methyl sites for hydroxylation is 1. The number of hydrogen-bond donors (Lipinski definition) is 0. The summed E-state index contributed by atoms with van der Waals surface area (Å²) in [6, 6.07) is -0.268. The van der Waals surface area contributed by atoms with Gasteiger partial charge in [0.2, 0.25) is 5.91 Å². The van der Waals surface area contributed by atoms with Gasteiger partial charge < -0.3 is 4.90 Å². The molecule has 2 aliphatic rings. The lowest BCUT2D eigenvalue weighted by atomic mass is 9.93. The first-order valence-electron chi connectivity index (χ1n) is 8.19. The largest absolute Gasteiger partial charge is 0.338 e. The highest BCUT2D eigenvalue weighted by Gasteiger charge is 2.45. The molecule has 1 aromatic heterocycles. The van der Waals surface area contributed by atoms with E-state index >= 15 is 0 Å². The zero-order valence-corrected chi connectivity index (χ0v) is 14.0. The van der Waals surface area contributed by atoms with Gasteiger partial charge in [-0.25, -0.2) is 5.06 Å². The lowest BCUT2D eigenvalue weighted by Crippen LogP contribution is -2.38. The van der Waals surface area contributed by atoms with Crippen molar-refractivity contribution < 1.29 is 14.4 Å². The topological polar surface area (TPSA) is 67.7 Å². The van der Waals surface area contributed by atoms with Gasteiger partial charge in [0.05, 0.1) is 24.8 Å². The van der Waals surface area contributed by atoms with E-state index in [-0.39, 0.29) is 24.3 Å². The molecule has 0 saturated carbocycles. The van der Waals surface area contributed by atoms with E-state index in [1.54, 1.807) is 22.8 Å². The van der Waals surface area contributed by atoms with Gasteiger partial charge in [-0.15, -0.1) is 0 Å². The van der Waals surface area contributed by atoms with E-state index < -0.39 is 5.92 Å². The summed E-state index contributed by atoms with van der Waals surface area (Å²) in [5, 5.41) is 5.74.